The highest BCUT2D eigenvalue weighted by atomic mass is 32.1. The first-order valence-corrected chi connectivity index (χ1v) is 21.5. The van der Waals surface area contributed by atoms with Crippen molar-refractivity contribution in [3.8, 4) is 16.5 Å². The quantitative estimate of drug-likeness (QED) is 0.115. The molecule has 3 aromatic rings. The zero-order valence-corrected chi connectivity index (χ0v) is 36.0. The zero-order valence-electron chi connectivity index (χ0n) is 34.3. The van der Waals surface area contributed by atoms with Crippen LogP contribution < -0.4 is 20.5 Å². The normalized spacial score (nSPS) is 21.6. The summed E-state index contributed by atoms with van der Waals surface area (Å²) < 4.78 is 36.9. The van der Waals surface area contributed by atoms with Crippen LogP contribution in [0.2, 0.25) is 0 Å². The average molecular weight is 827 g/mol. The van der Waals surface area contributed by atoms with Crippen molar-refractivity contribution in [2.75, 3.05) is 6.54 Å². The van der Waals surface area contributed by atoms with Gasteiger partial charge < -0.3 is 25.0 Å². The van der Waals surface area contributed by atoms with Crippen LogP contribution in [0.15, 0.2) is 54.4 Å². The van der Waals surface area contributed by atoms with Gasteiger partial charge in [0.1, 0.15) is 35.0 Å². The lowest BCUT2D eigenvalue weighted by Crippen LogP contribution is -2.60. The second-order valence-electron chi connectivity index (χ2n) is 17.0. The number of thiophene rings is 1. The molecule has 2 aromatic heterocycles. The minimum atomic E-state index is -4.16. The minimum absolute atomic E-state index is 0.00112. The van der Waals surface area contributed by atoms with E-state index in [1.807, 2.05) is 41.8 Å². The van der Waals surface area contributed by atoms with Gasteiger partial charge in [0.2, 0.25) is 17.7 Å². The number of benzene rings is 1. The van der Waals surface area contributed by atoms with E-state index in [-0.39, 0.29) is 25.3 Å². The maximum absolute atomic E-state index is 14.7. The summed E-state index contributed by atoms with van der Waals surface area (Å²) in [5.41, 5.74) is -1.45. The minimum Gasteiger partial charge on any atom is -0.471 e. The van der Waals surface area contributed by atoms with Gasteiger partial charge in [-0.05, 0) is 83.9 Å². The van der Waals surface area contributed by atoms with Gasteiger partial charge in [-0.2, -0.15) is 0 Å². The Morgan fingerprint density at radius 3 is 2.14 bits per heavy atom. The lowest BCUT2D eigenvalue weighted by molar-refractivity contribution is -0.143. The van der Waals surface area contributed by atoms with Gasteiger partial charge in [-0.1, -0.05) is 45.0 Å². The van der Waals surface area contributed by atoms with Crippen molar-refractivity contribution in [3.63, 3.8) is 0 Å². The van der Waals surface area contributed by atoms with Crippen molar-refractivity contribution in [1.82, 2.24) is 30.6 Å². The number of aromatic nitrogens is 2. The van der Waals surface area contributed by atoms with Crippen LogP contribution in [0.4, 0.5) is 4.79 Å². The van der Waals surface area contributed by atoms with Crippen LogP contribution in [0.5, 0.6) is 5.88 Å². The summed E-state index contributed by atoms with van der Waals surface area (Å²) in [6.07, 6.45) is -0.980. The molecule has 1 saturated heterocycles. The molecular formula is C40H55N6O9PS. The second kappa shape index (κ2) is 16.8. The topological polar surface area (TPSA) is 187 Å². The first-order chi connectivity index (χ1) is 26.5. The number of likely N-dealkylation sites (tertiary alicyclic amines) is 1. The van der Waals surface area contributed by atoms with Crippen molar-refractivity contribution < 1.29 is 42.3 Å². The molecule has 1 saturated carbocycles. The van der Waals surface area contributed by atoms with Gasteiger partial charge in [0, 0.05) is 12.3 Å². The Labute approximate surface area is 338 Å². The third kappa shape index (κ3) is 10.6. The van der Waals surface area contributed by atoms with E-state index in [4.69, 9.17) is 28.5 Å². The number of rotatable bonds is 14. The molecule has 57 heavy (non-hydrogen) atoms. The Morgan fingerprint density at radius 2 is 1.61 bits per heavy atom. The standard InChI is InChI=1S/C40H55N6O9PS/c1-12-25-21-40(25,36(49)45-56(51,54-23(2)3)55-24(4)5)44-33(47)29-20-26(22-46(29)35(48)32(38(6,7)8)43-37(50)53-39(9,10)11)52-34-31(30-18-15-19-57-30)41-27-16-13-14-17-28(27)42-34/h12-19,23-26,29,32H,1,20-22H2,2-11H3,(H,43,50)(H,44,47)(H,45,49,51)/t25?,26-,29+,32-,40-/m1/s1. The molecule has 5 atom stereocenters. The summed E-state index contributed by atoms with van der Waals surface area (Å²) in [7, 11) is -4.16. The fraction of sp³-hybridized carbons (Fsp3) is 0.550. The molecule has 2 fully saturated rings. The van der Waals surface area contributed by atoms with Gasteiger partial charge >= 0.3 is 13.8 Å². The van der Waals surface area contributed by atoms with E-state index in [1.165, 1.54) is 22.3 Å². The summed E-state index contributed by atoms with van der Waals surface area (Å²) in [4.78, 5) is 68.2. The molecular weight excluding hydrogens is 772 g/mol. The number of para-hydroxylation sites is 2. The fourth-order valence-electron chi connectivity index (χ4n) is 6.61. The van der Waals surface area contributed by atoms with E-state index in [0.717, 1.165) is 4.88 Å². The predicted octanol–water partition coefficient (Wildman–Crippen LogP) is 6.78. The highest BCUT2D eigenvalue weighted by Crippen LogP contribution is 2.51. The highest BCUT2D eigenvalue weighted by Gasteiger charge is 2.62. The number of amides is 4. The molecule has 3 N–H and O–H groups in total. The lowest BCUT2D eigenvalue weighted by Gasteiger charge is -2.36. The third-order valence-electron chi connectivity index (χ3n) is 9.18. The number of carbonyl (C=O) groups is 4. The van der Waals surface area contributed by atoms with Crippen LogP contribution in [-0.4, -0.2) is 86.8 Å². The Balaban J connectivity index is 1.49. The molecule has 15 nitrogen and oxygen atoms in total. The SMILES string of the molecule is C=CC1C[C@]1(NC(=O)[C@@H]1C[C@@H](Oc2nc3ccccc3nc2-c2cccs2)CN1C(=O)[C@@H](NC(=O)OC(C)(C)C)C(C)(C)C)C(=O)NP(=O)(OC(C)C)OC(C)C. The lowest BCUT2D eigenvalue weighted by atomic mass is 9.85. The number of nitrogens with zero attached hydrogens (tertiary/aromatic N) is 3. The summed E-state index contributed by atoms with van der Waals surface area (Å²) in [6.45, 7) is 20.9. The predicted molar refractivity (Wildman–Crippen MR) is 217 cm³/mol. The van der Waals surface area contributed by atoms with E-state index in [2.05, 4.69) is 22.3 Å². The van der Waals surface area contributed by atoms with Crippen LogP contribution in [0.1, 0.15) is 82.1 Å². The van der Waals surface area contributed by atoms with Crippen LogP contribution in [0, 0.1) is 11.3 Å². The van der Waals surface area contributed by atoms with E-state index >= 15 is 0 Å². The Bertz CT molecular complexity index is 2010. The summed E-state index contributed by atoms with van der Waals surface area (Å²) in [5.74, 6) is -2.29. The molecule has 1 aliphatic heterocycles. The first-order valence-electron chi connectivity index (χ1n) is 19.1. The summed E-state index contributed by atoms with van der Waals surface area (Å²) in [6, 6.07) is 8.88. The maximum atomic E-state index is 14.7. The average Bonchev–Trinajstić information content (AvgIpc) is 3.38. The number of carbonyl (C=O) groups excluding carboxylic acids is 4. The monoisotopic (exact) mass is 826 g/mol. The van der Waals surface area contributed by atoms with Crippen LogP contribution >= 0.6 is 19.1 Å². The van der Waals surface area contributed by atoms with E-state index in [0.29, 0.717) is 16.7 Å². The number of alkyl carbamates (subject to hydrolysis) is 1. The van der Waals surface area contributed by atoms with Gasteiger partial charge in [0.25, 0.3) is 5.91 Å². The van der Waals surface area contributed by atoms with Crippen molar-refractivity contribution in [1.29, 1.82) is 0 Å². The number of fused-ring (bicyclic) bond motifs is 1. The van der Waals surface area contributed by atoms with E-state index in [1.54, 1.807) is 69.2 Å². The first kappa shape index (κ1) is 43.7. The molecule has 1 aliphatic carbocycles. The Kier molecular flexibility index (Phi) is 12.9. The third-order valence-corrected chi connectivity index (χ3v) is 11.9. The van der Waals surface area contributed by atoms with E-state index in [9.17, 15) is 23.7 Å². The summed E-state index contributed by atoms with van der Waals surface area (Å²) in [5, 5.41) is 9.96. The molecule has 5 rings (SSSR count). The van der Waals surface area contributed by atoms with Gasteiger partial charge in [-0.15, -0.1) is 17.9 Å². The highest BCUT2D eigenvalue weighted by molar-refractivity contribution is 7.52. The van der Waals surface area contributed by atoms with E-state index < -0.39 is 84.4 Å². The molecule has 0 spiro atoms. The van der Waals surface area contributed by atoms with Crippen LogP contribution in [-0.2, 0) is 32.7 Å². The molecule has 0 bridgehead atoms. The van der Waals surface area contributed by atoms with Gasteiger partial charge in [-0.25, -0.2) is 19.3 Å². The van der Waals surface area contributed by atoms with Crippen molar-refractivity contribution in [2.45, 2.75) is 124 Å². The smallest absolute Gasteiger partial charge is 0.435 e. The van der Waals surface area contributed by atoms with Crippen LogP contribution in [0.25, 0.3) is 21.6 Å². The van der Waals surface area contributed by atoms with Gasteiger partial charge in [-0.3, -0.25) is 28.5 Å². The van der Waals surface area contributed by atoms with Gasteiger partial charge in [0.05, 0.1) is 34.7 Å². The Hall–Kier alpha value is -4.37. The molecule has 310 valence electrons. The number of ether oxygens (including phenoxy) is 2. The molecule has 0 radical (unpaired) electrons. The number of hydrogen-bond acceptors (Lipinski definition) is 12. The maximum Gasteiger partial charge on any atom is 0.435 e. The molecule has 3 heterocycles. The molecule has 17 heteroatoms. The van der Waals surface area contributed by atoms with Crippen molar-refractivity contribution in [2.24, 2.45) is 11.3 Å². The van der Waals surface area contributed by atoms with Crippen molar-refractivity contribution >= 4 is 53.9 Å². The largest absolute Gasteiger partial charge is 0.471 e. The number of hydrogen-bond donors (Lipinski definition) is 3. The van der Waals surface area contributed by atoms with Crippen molar-refractivity contribution in [3.05, 3.63) is 54.4 Å². The molecule has 2 aliphatic rings. The Morgan fingerprint density at radius 1 is 0.982 bits per heavy atom. The summed E-state index contributed by atoms with van der Waals surface area (Å²) >= 11 is 1.46. The molecule has 4 amide bonds. The molecule has 1 aromatic carbocycles. The molecule has 1 unspecified atom stereocenters. The second-order valence-corrected chi connectivity index (χ2v) is 19.6. The zero-order chi connectivity index (χ0) is 42.1. The fourth-order valence-corrected chi connectivity index (χ4v) is 9.03. The van der Waals surface area contributed by atoms with Crippen LogP contribution in [0.3, 0.4) is 0 Å². The van der Waals surface area contributed by atoms with Gasteiger partial charge in [0.15, 0.2) is 0 Å². The number of nitrogens with one attached hydrogen (secondary N) is 3.